The van der Waals surface area contributed by atoms with Gasteiger partial charge in [-0.1, -0.05) is 39.0 Å². The number of amides is 1. The van der Waals surface area contributed by atoms with Crippen molar-refractivity contribution >= 4 is 17.7 Å². The first-order valence-corrected chi connectivity index (χ1v) is 9.16. The number of carbonyl (C=O) groups excluding carboxylic acids is 1. The zero-order chi connectivity index (χ0) is 16.0. The van der Waals surface area contributed by atoms with Gasteiger partial charge in [0.25, 0.3) is 0 Å². The number of thioether (sulfide) groups is 1. The molecule has 0 saturated heterocycles. The molecule has 1 saturated carbocycles. The molecule has 1 fully saturated rings. The maximum absolute atomic E-state index is 12.3. The van der Waals surface area contributed by atoms with E-state index in [1.165, 1.54) is 19.3 Å². The fraction of sp³-hybridized carbons (Fsp3) is 0.706. The highest BCUT2D eigenvalue weighted by Crippen LogP contribution is 2.53. The normalized spacial score (nSPS) is 23.2. The van der Waals surface area contributed by atoms with Crippen LogP contribution in [-0.2, 0) is 4.79 Å². The average molecular weight is 317 g/mol. The SMILES string of the molecule is CCCCCCSC1=C(C#N)C2(CCCC2)[C@@H](C#N)C(=O)N1. The number of nitriles is 2. The number of allylic oxidation sites excluding steroid dienone is 1. The monoisotopic (exact) mass is 317 g/mol. The molecule has 1 aliphatic carbocycles. The van der Waals surface area contributed by atoms with E-state index in [0.717, 1.165) is 37.9 Å². The summed E-state index contributed by atoms with van der Waals surface area (Å²) < 4.78 is 0. The zero-order valence-corrected chi connectivity index (χ0v) is 14.0. The number of rotatable bonds is 6. The molecule has 5 heteroatoms. The molecule has 1 spiro atoms. The molecule has 1 N–H and O–H groups in total. The average Bonchev–Trinajstić information content (AvgIpc) is 2.97. The van der Waals surface area contributed by atoms with Crippen molar-refractivity contribution in [2.75, 3.05) is 5.75 Å². The molecule has 1 amide bonds. The van der Waals surface area contributed by atoms with E-state index >= 15 is 0 Å². The van der Waals surface area contributed by atoms with Crippen LogP contribution in [0.1, 0.15) is 58.3 Å². The van der Waals surface area contributed by atoms with E-state index in [2.05, 4.69) is 24.4 Å². The summed E-state index contributed by atoms with van der Waals surface area (Å²) in [5.41, 5.74) is 0.119. The van der Waals surface area contributed by atoms with Crippen LogP contribution in [0, 0.1) is 34.0 Å². The van der Waals surface area contributed by atoms with Crippen LogP contribution >= 0.6 is 11.8 Å². The van der Waals surface area contributed by atoms with E-state index in [4.69, 9.17) is 0 Å². The van der Waals surface area contributed by atoms with Crippen LogP contribution in [0.15, 0.2) is 10.6 Å². The second kappa shape index (κ2) is 7.70. The van der Waals surface area contributed by atoms with E-state index in [1.54, 1.807) is 11.8 Å². The van der Waals surface area contributed by atoms with Crippen molar-refractivity contribution in [3.05, 3.63) is 10.6 Å². The third kappa shape index (κ3) is 3.15. The Balaban J connectivity index is 2.19. The van der Waals surface area contributed by atoms with Crippen molar-refractivity contribution < 1.29 is 4.79 Å². The van der Waals surface area contributed by atoms with Gasteiger partial charge in [-0.25, -0.2) is 0 Å². The molecule has 4 nitrogen and oxygen atoms in total. The Morgan fingerprint density at radius 2 is 2.00 bits per heavy atom. The molecule has 0 aromatic rings. The summed E-state index contributed by atoms with van der Waals surface area (Å²) in [6.45, 7) is 2.18. The summed E-state index contributed by atoms with van der Waals surface area (Å²) in [5.74, 6) is -0.0257. The Hall–Kier alpha value is -1.46. The Labute approximate surface area is 136 Å². The molecule has 0 bridgehead atoms. The van der Waals surface area contributed by atoms with Gasteiger partial charge in [0.15, 0.2) is 0 Å². The van der Waals surface area contributed by atoms with Crippen molar-refractivity contribution in [1.29, 1.82) is 10.5 Å². The van der Waals surface area contributed by atoms with Gasteiger partial charge in [0, 0.05) is 5.41 Å². The predicted molar refractivity (Wildman–Crippen MR) is 87.4 cm³/mol. The van der Waals surface area contributed by atoms with E-state index < -0.39 is 11.3 Å². The first-order valence-electron chi connectivity index (χ1n) is 8.17. The lowest BCUT2D eigenvalue weighted by molar-refractivity contribution is -0.126. The summed E-state index contributed by atoms with van der Waals surface area (Å²) in [6, 6.07) is 4.47. The molecule has 1 heterocycles. The smallest absolute Gasteiger partial charge is 0.243 e. The molecular formula is C17H23N3OS. The van der Waals surface area contributed by atoms with Gasteiger partial charge in [-0.15, -0.1) is 11.8 Å². The minimum atomic E-state index is -0.714. The molecule has 1 aliphatic heterocycles. The Morgan fingerprint density at radius 3 is 2.59 bits per heavy atom. The maximum atomic E-state index is 12.3. The van der Waals surface area contributed by atoms with Crippen LogP contribution in [-0.4, -0.2) is 11.7 Å². The molecule has 118 valence electrons. The fourth-order valence-corrected chi connectivity index (χ4v) is 4.69. The van der Waals surface area contributed by atoms with Crippen molar-refractivity contribution in [1.82, 2.24) is 5.32 Å². The highest BCUT2D eigenvalue weighted by Gasteiger charge is 2.52. The first kappa shape index (κ1) is 16.9. The summed E-state index contributed by atoms with van der Waals surface area (Å²) in [5, 5.41) is 22.6. The van der Waals surface area contributed by atoms with Crippen molar-refractivity contribution in [3.63, 3.8) is 0 Å². The van der Waals surface area contributed by atoms with Crippen LogP contribution in [0.25, 0.3) is 0 Å². The van der Waals surface area contributed by atoms with Gasteiger partial charge in [-0.2, -0.15) is 10.5 Å². The van der Waals surface area contributed by atoms with Crippen LogP contribution in [0.3, 0.4) is 0 Å². The Bertz CT molecular complexity index is 535. The topological polar surface area (TPSA) is 76.7 Å². The van der Waals surface area contributed by atoms with Gasteiger partial charge in [0.1, 0.15) is 5.92 Å². The summed E-state index contributed by atoms with van der Waals surface area (Å²) in [6.07, 6.45) is 8.22. The van der Waals surface area contributed by atoms with Crippen LogP contribution in [0.2, 0.25) is 0 Å². The molecule has 22 heavy (non-hydrogen) atoms. The lowest BCUT2D eigenvalue weighted by Crippen LogP contribution is -2.46. The summed E-state index contributed by atoms with van der Waals surface area (Å²) >= 11 is 1.57. The maximum Gasteiger partial charge on any atom is 0.243 e. The first-order chi connectivity index (χ1) is 10.7. The molecule has 0 radical (unpaired) electrons. The van der Waals surface area contributed by atoms with Gasteiger partial charge in [0.2, 0.25) is 5.91 Å². The van der Waals surface area contributed by atoms with Crippen LogP contribution in [0.4, 0.5) is 0 Å². The third-order valence-corrected chi connectivity index (χ3v) is 5.85. The number of nitrogens with one attached hydrogen (secondary N) is 1. The van der Waals surface area contributed by atoms with Gasteiger partial charge < -0.3 is 5.32 Å². The minimum absolute atomic E-state index is 0.223. The molecule has 0 aromatic heterocycles. The van der Waals surface area contributed by atoms with Crippen molar-refractivity contribution in [3.8, 4) is 12.1 Å². The lowest BCUT2D eigenvalue weighted by atomic mass is 9.67. The van der Waals surface area contributed by atoms with E-state index in [9.17, 15) is 15.3 Å². The van der Waals surface area contributed by atoms with Gasteiger partial charge in [0.05, 0.1) is 22.7 Å². The molecular weight excluding hydrogens is 294 g/mol. The predicted octanol–water partition coefficient (Wildman–Crippen LogP) is 3.87. The van der Waals surface area contributed by atoms with Gasteiger partial charge in [-0.3, -0.25) is 4.79 Å². The number of unbranched alkanes of at least 4 members (excludes halogenated alkanes) is 3. The van der Waals surface area contributed by atoms with E-state index in [0.29, 0.717) is 10.6 Å². The van der Waals surface area contributed by atoms with Crippen molar-refractivity contribution in [2.45, 2.75) is 58.3 Å². The molecule has 0 aromatic carbocycles. The minimum Gasteiger partial charge on any atom is -0.319 e. The van der Waals surface area contributed by atoms with Crippen LogP contribution < -0.4 is 5.32 Å². The zero-order valence-electron chi connectivity index (χ0n) is 13.2. The van der Waals surface area contributed by atoms with Crippen molar-refractivity contribution in [2.24, 2.45) is 11.3 Å². The lowest BCUT2D eigenvalue weighted by Gasteiger charge is -2.37. The largest absolute Gasteiger partial charge is 0.319 e. The third-order valence-electron chi connectivity index (χ3n) is 4.76. The summed E-state index contributed by atoms with van der Waals surface area (Å²) in [7, 11) is 0. The Kier molecular flexibility index (Phi) is 5.91. The number of nitrogens with zero attached hydrogens (tertiary/aromatic N) is 2. The second-order valence-electron chi connectivity index (χ2n) is 6.14. The van der Waals surface area contributed by atoms with E-state index in [-0.39, 0.29) is 5.91 Å². The van der Waals surface area contributed by atoms with Crippen LogP contribution in [0.5, 0.6) is 0 Å². The Morgan fingerprint density at radius 1 is 1.27 bits per heavy atom. The van der Waals surface area contributed by atoms with Gasteiger partial charge in [-0.05, 0) is 25.0 Å². The highest BCUT2D eigenvalue weighted by atomic mass is 32.2. The molecule has 0 unspecified atom stereocenters. The standard InChI is InChI=1S/C17H23N3OS/c1-2-3-4-7-10-22-16-14(12-19)17(8-5-6-9-17)13(11-18)15(21)20-16/h13H,2-10H2,1H3,(H,20,21)/t13-/m0/s1. The number of hydrogen-bond donors (Lipinski definition) is 1. The fourth-order valence-electron chi connectivity index (χ4n) is 3.57. The van der Waals surface area contributed by atoms with Gasteiger partial charge >= 0.3 is 0 Å². The second-order valence-corrected chi connectivity index (χ2v) is 7.24. The number of hydrogen-bond acceptors (Lipinski definition) is 4. The van der Waals surface area contributed by atoms with E-state index in [1.807, 2.05) is 0 Å². The molecule has 2 rings (SSSR count). The highest BCUT2D eigenvalue weighted by molar-refractivity contribution is 8.03. The quantitative estimate of drug-likeness (QED) is 0.754. The molecule has 2 aliphatic rings. The summed E-state index contributed by atoms with van der Waals surface area (Å²) in [4.78, 5) is 12.3. The molecule has 1 atom stereocenters. The number of carbonyl (C=O) groups is 1.